The molecule has 1 heterocycles. The summed E-state index contributed by atoms with van der Waals surface area (Å²) < 4.78 is 37.9. The maximum absolute atomic E-state index is 12.4. The monoisotopic (exact) mass is 229 g/mol. The van der Waals surface area contributed by atoms with E-state index in [9.17, 15) is 13.2 Å². The molecule has 0 radical (unpaired) electrons. The van der Waals surface area contributed by atoms with Crippen molar-refractivity contribution in [3.63, 3.8) is 0 Å². The van der Waals surface area contributed by atoms with Gasteiger partial charge in [0.15, 0.2) is 0 Å². The summed E-state index contributed by atoms with van der Waals surface area (Å²) in [5, 5.41) is 4.54. The Bertz CT molecular complexity index is 219. The molecule has 3 nitrogen and oxygen atoms in total. The topological polar surface area (TPSA) is 18.8 Å². The molecule has 1 aliphatic heterocycles. The first-order valence-electron chi connectivity index (χ1n) is 4.28. The molecule has 0 amide bonds. The van der Waals surface area contributed by atoms with E-state index in [4.69, 9.17) is 11.8 Å². The lowest BCUT2D eigenvalue weighted by Gasteiger charge is -2.27. The van der Waals surface area contributed by atoms with E-state index < -0.39 is 12.3 Å². The molecular weight excluding hydrogens is 219 g/mol. The Morgan fingerprint density at radius 2 is 2.14 bits per heavy atom. The molecule has 0 aromatic carbocycles. The Labute approximate surface area is 85.2 Å². The van der Waals surface area contributed by atoms with Crippen LogP contribution in [0.15, 0.2) is 5.10 Å². The molecule has 0 fully saturated rings. The van der Waals surface area contributed by atoms with Crippen molar-refractivity contribution in [2.45, 2.75) is 32.1 Å². The number of hydrogen-bond acceptors (Lipinski definition) is 3. The number of alkyl halides is 3. The number of hydrazone groups is 1. The van der Waals surface area contributed by atoms with Crippen LogP contribution in [-0.2, 0) is 0 Å². The molecule has 0 N–H and O–H groups in total. The molecule has 82 valence electrons. The minimum atomic E-state index is -4.38. The van der Waals surface area contributed by atoms with Gasteiger partial charge in [-0.15, -0.1) is 0 Å². The summed E-state index contributed by atoms with van der Waals surface area (Å²) in [7, 11) is 0. The number of hydrogen-bond donors (Lipinski definition) is 0. The highest BCUT2D eigenvalue weighted by molar-refractivity contribution is 6.19. The first-order valence-corrected chi connectivity index (χ1v) is 4.62. The van der Waals surface area contributed by atoms with Crippen LogP contribution in [0.25, 0.3) is 0 Å². The first kappa shape index (κ1) is 11.4. The van der Waals surface area contributed by atoms with Gasteiger partial charge in [0.05, 0.1) is 0 Å². The standard InChI is InChI=1S/C7H11ClF3N3/c1-2-3-4-14-6(7(9,10)11)13(8)5-12-14/h5-6H,2-4H2,1H3. The molecule has 1 aliphatic rings. The van der Waals surface area contributed by atoms with Gasteiger partial charge < -0.3 is 0 Å². The van der Waals surface area contributed by atoms with Crippen molar-refractivity contribution in [3.05, 3.63) is 0 Å². The van der Waals surface area contributed by atoms with E-state index in [1.165, 1.54) is 0 Å². The van der Waals surface area contributed by atoms with Gasteiger partial charge in [-0.05, 0) is 6.42 Å². The first-order chi connectivity index (χ1) is 6.46. The lowest BCUT2D eigenvalue weighted by Crippen LogP contribution is -2.47. The minimum absolute atomic E-state index is 0.264. The molecular formula is C7H11ClF3N3. The van der Waals surface area contributed by atoms with Crippen molar-refractivity contribution in [2.75, 3.05) is 6.54 Å². The molecule has 0 aromatic heterocycles. The minimum Gasteiger partial charge on any atom is -0.263 e. The van der Waals surface area contributed by atoms with E-state index in [1.54, 1.807) is 0 Å². The summed E-state index contributed by atoms with van der Waals surface area (Å²) in [6.45, 7) is 2.17. The van der Waals surface area contributed by atoms with Crippen LogP contribution in [0, 0.1) is 0 Å². The average molecular weight is 230 g/mol. The smallest absolute Gasteiger partial charge is 0.263 e. The van der Waals surface area contributed by atoms with Gasteiger partial charge in [0.1, 0.15) is 6.34 Å². The number of halogens is 4. The van der Waals surface area contributed by atoms with Gasteiger partial charge in [-0.3, -0.25) is 5.01 Å². The summed E-state index contributed by atoms with van der Waals surface area (Å²) in [4.78, 5) is 0. The maximum Gasteiger partial charge on any atom is 0.430 e. The lowest BCUT2D eigenvalue weighted by molar-refractivity contribution is -0.197. The fraction of sp³-hybridized carbons (Fsp3) is 0.857. The summed E-state index contributed by atoms with van der Waals surface area (Å²) >= 11 is 5.36. The molecule has 0 aromatic rings. The highest BCUT2D eigenvalue weighted by Crippen LogP contribution is 2.31. The van der Waals surface area contributed by atoms with E-state index in [0.717, 1.165) is 17.8 Å². The van der Waals surface area contributed by atoms with E-state index in [0.29, 0.717) is 10.8 Å². The van der Waals surface area contributed by atoms with E-state index in [-0.39, 0.29) is 6.54 Å². The second-order valence-electron chi connectivity index (χ2n) is 3.01. The molecule has 1 unspecified atom stereocenters. The molecule has 1 atom stereocenters. The summed E-state index contributed by atoms with van der Waals surface area (Å²) in [5.41, 5.74) is 0. The Balaban J connectivity index is 2.62. The van der Waals surface area contributed by atoms with Gasteiger partial charge in [-0.1, -0.05) is 13.3 Å². The predicted octanol–water partition coefficient (Wildman–Crippen LogP) is 2.39. The van der Waals surface area contributed by atoms with Crippen LogP contribution < -0.4 is 0 Å². The Morgan fingerprint density at radius 3 is 2.64 bits per heavy atom. The fourth-order valence-corrected chi connectivity index (χ4v) is 1.43. The number of nitrogens with zero attached hydrogens (tertiary/aromatic N) is 3. The van der Waals surface area contributed by atoms with Crippen molar-refractivity contribution >= 4 is 18.1 Å². The largest absolute Gasteiger partial charge is 0.430 e. The maximum atomic E-state index is 12.4. The van der Waals surface area contributed by atoms with Gasteiger partial charge in [0.25, 0.3) is 0 Å². The van der Waals surface area contributed by atoms with Crippen LogP contribution in [0.4, 0.5) is 13.2 Å². The van der Waals surface area contributed by atoms with Crippen molar-refractivity contribution in [1.29, 1.82) is 0 Å². The van der Waals surface area contributed by atoms with Crippen LogP contribution in [0.3, 0.4) is 0 Å². The molecule has 0 bridgehead atoms. The van der Waals surface area contributed by atoms with Crippen LogP contribution in [-0.4, -0.2) is 34.7 Å². The van der Waals surface area contributed by atoms with Crippen LogP contribution >= 0.6 is 11.8 Å². The van der Waals surface area contributed by atoms with E-state index >= 15 is 0 Å². The third kappa shape index (κ3) is 2.43. The average Bonchev–Trinajstić information content (AvgIpc) is 2.42. The third-order valence-electron chi connectivity index (χ3n) is 1.86. The van der Waals surface area contributed by atoms with Crippen molar-refractivity contribution in [3.8, 4) is 0 Å². The second kappa shape index (κ2) is 4.25. The van der Waals surface area contributed by atoms with Crippen LogP contribution in [0.5, 0.6) is 0 Å². The number of rotatable bonds is 3. The quantitative estimate of drug-likeness (QED) is 0.692. The highest BCUT2D eigenvalue weighted by Gasteiger charge is 2.49. The second-order valence-corrected chi connectivity index (χ2v) is 3.40. The van der Waals surface area contributed by atoms with Crippen molar-refractivity contribution < 1.29 is 13.2 Å². The van der Waals surface area contributed by atoms with E-state index in [2.05, 4.69) is 5.10 Å². The molecule has 0 saturated carbocycles. The zero-order valence-corrected chi connectivity index (χ0v) is 8.39. The Morgan fingerprint density at radius 1 is 1.50 bits per heavy atom. The Kier molecular flexibility index (Phi) is 3.47. The van der Waals surface area contributed by atoms with E-state index in [1.807, 2.05) is 6.92 Å². The van der Waals surface area contributed by atoms with Gasteiger partial charge in [0, 0.05) is 18.3 Å². The summed E-state index contributed by atoms with van der Waals surface area (Å²) in [5.74, 6) is 0. The normalized spacial score (nSPS) is 22.2. The zero-order valence-electron chi connectivity index (χ0n) is 7.63. The molecule has 0 aliphatic carbocycles. The van der Waals surface area contributed by atoms with Gasteiger partial charge in [-0.25, -0.2) is 4.42 Å². The van der Waals surface area contributed by atoms with Gasteiger partial charge >= 0.3 is 6.18 Å². The van der Waals surface area contributed by atoms with Gasteiger partial charge in [-0.2, -0.15) is 18.3 Å². The fourth-order valence-electron chi connectivity index (χ4n) is 1.18. The zero-order chi connectivity index (χ0) is 10.8. The van der Waals surface area contributed by atoms with Crippen LogP contribution in [0.1, 0.15) is 19.8 Å². The highest BCUT2D eigenvalue weighted by atomic mass is 35.5. The third-order valence-corrected chi connectivity index (χ3v) is 2.13. The molecule has 7 heteroatoms. The Hall–Kier alpha value is -0.650. The molecule has 0 spiro atoms. The molecule has 0 saturated heterocycles. The van der Waals surface area contributed by atoms with Crippen molar-refractivity contribution in [2.24, 2.45) is 5.10 Å². The summed E-state index contributed by atoms with van der Waals surface area (Å²) in [6, 6.07) is 0. The lowest BCUT2D eigenvalue weighted by atomic mass is 10.3. The SMILES string of the molecule is CCCCN1N=CN(Cl)C1C(F)(F)F. The molecule has 1 rings (SSSR count). The summed E-state index contributed by atoms with van der Waals surface area (Å²) in [6.07, 6.45) is -3.75. The number of unbranched alkanes of at least 4 members (excludes halogenated alkanes) is 1. The predicted molar refractivity (Wildman–Crippen MR) is 47.6 cm³/mol. The molecule has 14 heavy (non-hydrogen) atoms. The van der Waals surface area contributed by atoms with Crippen LogP contribution in [0.2, 0.25) is 0 Å². The van der Waals surface area contributed by atoms with Crippen molar-refractivity contribution in [1.82, 2.24) is 9.43 Å². The van der Waals surface area contributed by atoms with Gasteiger partial charge in [0.2, 0.25) is 6.17 Å².